The Kier molecular flexibility index (Phi) is 3.35. The highest BCUT2D eigenvalue weighted by Crippen LogP contribution is 2.20. The van der Waals surface area contributed by atoms with Gasteiger partial charge in [-0.05, 0) is 31.8 Å². The zero-order valence-electron chi connectivity index (χ0n) is 7.01. The lowest BCUT2D eigenvalue weighted by Gasteiger charge is -2.36. The molecule has 2 fully saturated rings. The largest absolute Gasteiger partial charge is 0.353 e. The Labute approximate surface area is 78.7 Å². The number of hydrogen-bond donors (Lipinski definition) is 2. The summed E-state index contributed by atoms with van der Waals surface area (Å²) in [4.78, 5) is 11.0. The smallest absolute Gasteiger partial charge is 0.220 e. The number of rotatable bonds is 0. The summed E-state index contributed by atoms with van der Waals surface area (Å²) in [6.07, 6.45) is 2.91. The van der Waals surface area contributed by atoms with Crippen molar-refractivity contribution < 1.29 is 4.79 Å². The van der Waals surface area contributed by atoms with Crippen molar-refractivity contribution in [2.45, 2.75) is 25.3 Å². The first-order valence-corrected chi connectivity index (χ1v) is 4.36. The fourth-order valence-corrected chi connectivity index (χ4v) is 2.01. The molecule has 0 spiro atoms. The third kappa shape index (κ3) is 1.90. The second kappa shape index (κ2) is 4.10. The Balaban J connectivity index is 0.000000720. The zero-order valence-corrected chi connectivity index (χ0v) is 7.82. The number of nitrogens with one attached hydrogen (secondary N) is 2. The first-order chi connectivity index (χ1) is 5.36. The highest BCUT2D eigenvalue weighted by molar-refractivity contribution is 5.85. The number of amides is 1. The maximum Gasteiger partial charge on any atom is 0.220 e. The van der Waals surface area contributed by atoms with Crippen LogP contribution in [0.5, 0.6) is 0 Å². The predicted molar refractivity (Wildman–Crippen MR) is 49.4 cm³/mol. The minimum absolute atomic E-state index is 0. The standard InChI is InChI=1S/C8H14N2O.ClH/c11-8-2-1-6-5-9-4-3-7(6)10-8;/h6-7,9H,1-5H2,(H,10,11);1H. The summed E-state index contributed by atoms with van der Waals surface area (Å²) in [5.41, 5.74) is 0. The van der Waals surface area contributed by atoms with Crippen molar-refractivity contribution >= 4 is 18.3 Å². The molecule has 0 aliphatic carbocycles. The van der Waals surface area contributed by atoms with Crippen molar-refractivity contribution in [2.24, 2.45) is 5.92 Å². The summed E-state index contributed by atoms with van der Waals surface area (Å²) in [6.45, 7) is 2.15. The Morgan fingerprint density at radius 3 is 3.00 bits per heavy atom. The summed E-state index contributed by atoms with van der Waals surface area (Å²) < 4.78 is 0. The molecule has 0 bridgehead atoms. The number of halogens is 1. The average molecular weight is 191 g/mol. The second-order valence-corrected chi connectivity index (χ2v) is 3.47. The molecule has 0 aromatic rings. The minimum atomic E-state index is 0. The van der Waals surface area contributed by atoms with Gasteiger partial charge in [0.25, 0.3) is 0 Å². The summed E-state index contributed by atoms with van der Waals surface area (Å²) in [5, 5.41) is 6.39. The van der Waals surface area contributed by atoms with Crippen LogP contribution in [0.2, 0.25) is 0 Å². The highest BCUT2D eigenvalue weighted by atomic mass is 35.5. The summed E-state index contributed by atoms with van der Waals surface area (Å²) >= 11 is 0. The van der Waals surface area contributed by atoms with E-state index in [0.29, 0.717) is 12.0 Å². The number of hydrogen-bond acceptors (Lipinski definition) is 2. The molecule has 0 radical (unpaired) electrons. The van der Waals surface area contributed by atoms with Crippen LogP contribution < -0.4 is 10.6 Å². The molecule has 2 rings (SSSR count). The van der Waals surface area contributed by atoms with E-state index >= 15 is 0 Å². The molecule has 1 amide bonds. The molecular formula is C8H15ClN2O. The average Bonchev–Trinajstić information content (AvgIpc) is 2.04. The lowest BCUT2D eigenvalue weighted by atomic mass is 9.86. The number of fused-ring (bicyclic) bond motifs is 1. The van der Waals surface area contributed by atoms with E-state index in [2.05, 4.69) is 10.6 Å². The van der Waals surface area contributed by atoms with Gasteiger partial charge in [-0.3, -0.25) is 4.79 Å². The van der Waals surface area contributed by atoms with Crippen LogP contribution in [0.1, 0.15) is 19.3 Å². The normalized spacial score (nSPS) is 34.5. The van der Waals surface area contributed by atoms with E-state index in [0.717, 1.165) is 32.4 Å². The number of carbonyl (C=O) groups excluding carboxylic acids is 1. The maximum atomic E-state index is 11.0. The van der Waals surface area contributed by atoms with E-state index in [4.69, 9.17) is 0 Å². The predicted octanol–water partition coefficient (Wildman–Crippen LogP) is 0.296. The van der Waals surface area contributed by atoms with Gasteiger partial charge in [0.2, 0.25) is 5.91 Å². The van der Waals surface area contributed by atoms with Crippen molar-refractivity contribution in [3.8, 4) is 0 Å². The zero-order chi connectivity index (χ0) is 7.68. The third-order valence-electron chi connectivity index (χ3n) is 2.70. The molecule has 2 atom stereocenters. The van der Waals surface area contributed by atoms with E-state index in [1.807, 2.05) is 0 Å². The molecule has 0 saturated carbocycles. The molecule has 2 aliphatic heterocycles. The van der Waals surface area contributed by atoms with Crippen LogP contribution in [-0.4, -0.2) is 25.0 Å². The van der Waals surface area contributed by atoms with Crippen LogP contribution in [-0.2, 0) is 4.79 Å². The summed E-state index contributed by atoms with van der Waals surface area (Å²) in [5.74, 6) is 0.939. The highest BCUT2D eigenvalue weighted by Gasteiger charge is 2.30. The molecule has 12 heavy (non-hydrogen) atoms. The monoisotopic (exact) mass is 190 g/mol. The van der Waals surface area contributed by atoms with E-state index in [-0.39, 0.29) is 18.3 Å². The molecule has 2 unspecified atom stereocenters. The van der Waals surface area contributed by atoms with Gasteiger partial charge in [0, 0.05) is 12.5 Å². The SMILES string of the molecule is Cl.O=C1CCC2CNCCC2N1. The molecule has 0 aromatic heterocycles. The molecule has 2 heterocycles. The van der Waals surface area contributed by atoms with Crippen LogP contribution in [0.25, 0.3) is 0 Å². The molecule has 70 valence electrons. The van der Waals surface area contributed by atoms with Gasteiger partial charge in [-0.2, -0.15) is 0 Å². The van der Waals surface area contributed by atoms with Crippen molar-refractivity contribution in [2.75, 3.05) is 13.1 Å². The molecule has 3 nitrogen and oxygen atoms in total. The van der Waals surface area contributed by atoms with Crippen LogP contribution in [0.15, 0.2) is 0 Å². The van der Waals surface area contributed by atoms with Crippen molar-refractivity contribution in [1.82, 2.24) is 10.6 Å². The Bertz CT molecular complexity index is 174. The van der Waals surface area contributed by atoms with Gasteiger partial charge in [-0.1, -0.05) is 0 Å². The van der Waals surface area contributed by atoms with Gasteiger partial charge in [-0.15, -0.1) is 12.4 Å². The lowest BCUT2D eigenvalue weighted by Crippen LogP contribution is -2.52. The maximum absolute atomic E-state index is 11.0. The molecular weight excluding hydrogens is 176 g/mol. The summed E-state index contributed by atoms with van der Waals surface area (Å²) in [7, 11) is 0. The Morgan fingerprint density at radius 1 is 1.33 bits per heavy atom. The van der Waals surface area contributed by atoms with Gasteiger partial charge in [-0.25, -0.2) is 0 Å². The third-order valence-corrected chi connectivity index (χ3v) is 2.70. The second-order valence-electron chi connectivity index (χ2n) is 3.47. The fourth-order valence-electron chi connectivity index (χ4n) is 2.01. The Morgan fingerprint density at radius 2 is 2.17 bits per heavy atom. The van der Waals surface area contributed by atoms with Crippen LogP contribution in [0.4, 0.5) is 0 Å². The van der Waals surface area contributed by atoms with Gasteiger partial charge in [0.1, 0.15) is 0 Å². The van der Waals surface area contributed by atoms with Gasteiger partial charge in [0.15, 0.2) is 0 Å². The van der Waals surface area contributed by atoms with E-state index < -0.39 is 0 Å². The molecule has 2 aliphatic rings. The molecule has 0 aromatic carbocycles. The van der Waals surface area contributed by atoms with Crippen LogP contribution in [0, 0.1) is 5.92 Å². The topological polar surface area (TPSA) is 41.1 Å². The number of piperidine rings is 2. The van der Waals surface area contributed by atoms with E-state index in [9.17, 15) is 4.79 Å². The quantitative estimate of drug-likeness (QED) is 0.577. The van der Waals surface area contributed by atoms with Gasteiger partial charge < -0.3 is 10.6 Å². The van der Waals surface area contributed by atoms with E-state index in [1.54, 1.807) is 0 Å². The Hall–Kier alpha value is -0.280. The van der Waals surface area contributed by atoms with Crippen molar-refractivity contribution in [3.05, 3.63) is 0 Å². The van der Waals surface area contributed by atoms with Crippen molar-refractivity contribution in [3.63, 3.8) is 0 Å². The first kappa shape index (κ1) is 9.81. The number of carbonyl (C=O) groups is 1. The molecule has 2 saturated heterocycles. The lowest BCUT2D eigenvalue weighted by molar-refractivity contribution is -0.124. The molecule has 4 heteroatoms. The van der Waals surface area contributed by atoms with Gasteiger partial charge >= 0.3 is 0 Å². The fraction of sp³-hybridized carbons (Fsp3) is 0.875. The molecule has 2 N–H and O–H groups in total. The van der Waals surface area contributed by atoms with Crippen molar-refractivity contribution in [1.29, 1.82) is 0 Å². The minimum Gasteiger partial charge on any atom is -0.353 e. The van der Waals surface area contributed by atoms with Gasteiger partial charge in [0.05, 0.1) is 0 Å². The first-order valence-electron chi connectivity index (χ1n) is 4.36. The van der Waals surface area contributed by atoms with E-state index in [1.165, 1.54) is 0 Å². The van der Waals surface area contributed by atoms with Crippen LogP contribution in [0.3, 0.4) is 0 Å². The van der Waals surface area contributed by atoms with Crippen LogP contribution >= 0.6 is 12.4 Å². The summed E-state index contributed by atoms with van der Waals surface area (Å²) in [6, 6.07) is 0.470.